The summed E-state index contributed by atoms with van der Waals surface area (Å²) in [6.07, 6.45) is 2.70. The van der Waals surface area contributed by atoms with Crippen LogP contribution in [-0.4, -0.2) is 49.1 Å². The van der Waals surface area contributed by atoms with Gasteiger partial charge >= 0.3 is 12.0 Å². The number of esters is 1. The maximum atomic E-state index is 12.1. The highest BCUT2D eigenvalue weighted by Crippen LogP contribution is 2.31. The van der Waals surface area contributed by atoms with E-state index in [1.807, 2.05) is 0 Å². The maximum Gasteiger partial charge on any atom is 0.321 e. The lowest BCUT2D eigenvalue weighted by molar-refractivity contribution is -0.154. The Hall–Kier alpha value is -3.10. The van der Waals surface area contributed by atoms with Crippen LogP contribution in [-0.2, 0) is 19.1 Å². The molecule has 2 aliphatic rings. The molecule has 29 heavy (non-hydrogen) atoms. The van der Waals surface area contributed by atoms with E-state index < -0.39 is 24.0 Å². The molecule has 0 unspecified atom stereocenters. The summed E-state index contributed by atoms with van der Waals surface area (Å²) in [5.74, 6) is -1.02. The number of nitrogens with one attached hydrogen (secondary N) is 2. The van der Waals surface area contributed by atoms with E-state index in [2.05, 4.69) is 10.6 Å². The van der Waals surface area contributed by atoms with E-state index in [1.54, 1.807) is 24.3 Å². The molecule has 1 aliphatic heterocycles. The van der Waals surface area contributed by atoms with Gasteiger partial charge in [0.15, 0.2) is 12.7 Å². The van der Waals surface area contributed by atoms with Crippen molar-refractivity contribution in [1.29, 1.82) is 0 Å². The van der Waals surface area contributed by atoms with Gasteiger partial charge < -0.3 is 19.7 Å². The van der Waals surface area contributed by atoms with Crippen LogP contribution < -0.4 is 20.3 Å². The summed E-state index contributed by atoms with van der Waals surface area (Å²) < 4.78 is 10.5. The molecule has 3 rings (SSSR count). The molecule has 9 nitrogen and oxygen atoms in total. The van der Waals surface area contributed by atoms with E-state index in [4.69, 9.17) is 9.47 Å². The first-order chi connectivity index (χ1) is 13.9. The number of amides is 4. The standard InChI is InChI=1S/C20H25N3O6/c1-13(19(26)22-20(27)21-14-6-2-3-7-14)29-18(25)10-11-23-15-8-4-5-9-16(15)28-12-17(23)24/h4-5,8-9,13-14H,2-3,6-7,10-12H2,1H3,(H2,21,22,26,27)/t13-/m1/s1. The molecule has 0 aromatic heterocycles. The largest absolute Gasteiger partial charge is 0.482 e. The van der Waals surface area contributed by atoms with Gasteiger partial charge in [-0.05, 0) is 31.9 Å². The molecule has 0 bridgehead atoms. The SMILES string of the molecule is C[C@@H](OC(=O)CCN1C(=O)COc2ccccc21)C(=O)NC(=O)NC1CCCC1. The molecule has 2 N–H and O–H groups in total. The summed E-state index contributed by atoms with van der Waals surface area (Å²) in [7, 11) is 0. The van der Waals surface area contributed by atoms with E-state index in [1.165, 1.54) is 11.8 Å². The second-order valence-corrected chi connectivity index (χ2v) is 7.13. The fourth-order valence-electron chi connectivity index (χ4n) is 3.42. The molecule has 0 radical (unpaired) electrons. The molecule has 1 aromatic carbocycles. The van der Waals surface area contributed by atoms with Gasteiger partial charge in [0.1, 0.15) is 5.75 Å². The molecule has 1 fully saturated rings. The minimum atomic E-state index is -1.12. The number of carbonyl (C=O) groups is 4. The highest BCUT2D eigenvalue weighted by Gasteiger charge is 2.27. The lowest BCUT2D eigenvalue weighted by atomic mass is 10.2. The van der Waals surface area contributed by atoms with Crippen molar-refractivity contribution in [3.8, 4) is 5.75 Å². The molecule has 9 heteroatoms. The van der Waals surface area contributed by atoms with Crippen molar-refractivity contribution in [2.75, 3.05) is 18.1 Å². The number of imide groups is 1. The Labute approximate surface area is 168 Å². The molecule has 156 valence electrons. The summed E-state index contributed by atoms with van der Waals surface area (Å²) >= 11 is 0. The fraction of sp³-hybridized carbons (Fsp3) is 0.500. The fourth-order valence-corrected chi connectivity index (χ4v) is 3.42. The Morgan fingerprint density at radius 2 is 1.97 bits per heavy atom. The van der Waals surface area contributed by atoms with Gasteiger partial charge in [-0.2, -0.15) is 0 Å². The highest BCUT2D eigenvalue weighted by molar-refractivity contribution is 5.99. The van der Waals surface area contributed by atoms with Gasteiger partial charge in [-0.3, -0.25) is 19.7 Å². The van der Waals surface area contributed by atoms with Gasteiger partial charge in [0.25, 0.3) is 11.8 Å². The molecule has 1 saturated carbocycles. The average Bonchev–Trinajstić information content (AvgIpc) is 3.19. The first-order valence-corrected chi connectivity index (χ1v) is 9.77. The molecular weight excluding hydrogens is 378 g/mol. The third kappa shape index (κ3) is 5.46. The number of anilines is 1. The molecule has 0 saturated heterocycles. The Kier molecular flexibility index (Phi) is 6.69. The zero-order valence-corrected chi connectivity index (χ0v) is 16.3. The zero-order valence-electron chi connectivity index (χ0n) is 16.3. The van der Waals surface area contributed by atoms with Crippen LogP contribution in [0.3, 0.4) is 0 Å². The van der Waals surface area contributed by atoms with Crippen molar-refractivity contribution in [3.63, 3.8) is 0 Å². The van der Waals surface area contributed by atoms with Gasteiger partial charge in [-0.1, -0.05) is 25.0 Å². The van der Waals surface area contributed by atoms with Crippen LogP contribution in [0.2, 0.25) is 0 Å². The van der Waals surface area contributed by atoms with Crippen LogP contribution in [0.25, 0.3) is 0 Å². The Morgan fingerprint density at radius 3 is 2.72 bits per heavy atom. The van der Waals surface area contributed by atoms with Crippen molar-refractivity contribution in [3.05, 3.63) is 24.3 Å². The number of fused-ring (bicyclic) bond motifs is 1. The number of nitrogens with zero attached hydrogens (tertiary/aromatic N) is 1. The van der Waals surface area contributed by atoms with Crippen molar-refractivity contribution in [1.82, 2.24) is 10.6 Å². The normalized spacial score (nSPS) is 17.1. The Bertz CT molecular complexity index is 790. The predicted octanol–water partition coefficient (Wildman–Crippen LogP) is 1.50. The van der Waals surface area contributed by atoms with Crippen LogP contribution in [0.15, 0.2) is 24.3 Å². The van der Waals surface area contributed by atoms with Crippen LogP contribution in [0, 0.1) is 0 Å². The van der Waals surface area contributed by atoms with Crippen LogP contribution in [0.1, 0.15) is 39.0 Å². The number of rotatable bonds is 6. The number of carbonyl (C=O) groups excluding carboxylic acids is 4. The van der Waals surface area contributed by atoms with E-state index in [-0.39, 0.29) is 31.5 Å². The Balaban J connectivity index is 1.44. The highest BCUT2D eigenvalue weighted by atomic mass is 16.5. The first kappa shape index (κ1) is 20.6. The van der Waals surface area contributed by atoms with Crippen LogP contribution in [0.4, 0.5) is 10.5 Å². The second-order valence-electron chi connectivity index (χ2n) is 7.13. The topological polar surface area (TPSA) is 114 Å². The number of ether oxygens (including phenoxy) is 2. The molecule has 4 amide bonds. The molecular formula is C20H25N3O6. The van der Waals surface area contributed by atoms with Gasteiger partial charge in [0.2, 0.25) is 0 Å². The van der Waals surface area contributed by atoms with Crippen LogP contribution in [0.5, 0.6) is 5.75 Å². The maximum absolute atomic E-state index is 12.1. The minimum absolute atomic E-state index is 0.0783. The summed E-state index contributed by atoms with van der Waals surface area (Å²) in [5.41, 5.74) is 0.589. The van der Waals surface area contributed by atoms with Gasteiger partial charge in [-0.25, -0.2) is 4.79 Å². The van der Waals surface area contributed by atoms with Gasteiger partial charge in [0.05, 0.1) is 12.1 Å². The first-order valence-electron chi connectivity index (χ1n) is 9.77. The van der Waals surface area contributed by atoms with Crippen molar-refractivity contribution in [2.24, 2.45) is 0 Å². The molecule has 1 aromatic rings. The zero-order chi connectivity index (χ0) is 20.8. The monoisotopic (exact) mass is 403 g/mol. The number of hydrogen-bond donors (Lipinski definition) is 2. The number of urea groups is 1. The van der Waals surface area contributed by atoms with Crippen molar-refractivity contribution >= 4 is 29.5 Å². The Morgan fingerprint density at radius 1 is 1.24 bits per heavy atom. The molecule has 1 aliphatic carbocycles. The predicted molar refractivity (Wildman–Crippen MR) is 103 cm³/mol. The minimum Gasteiger partial charge on any atom is -0.482 e. The summed E-state index contributed by atoms with van der Waals surface area (Å²) in [4.78, 5) is 49.6. The van der Waals surface area contributed by atoms with Crippen molar-refractivity contribution < 1.29 is 28.7 Å². The summed E-state index contributed by atoms with van der Waals surface area (Å²) in [6, 6.07) is 6.54. The van der Waals surface area contributed by atoms with Gasteiger partial charge in [-0.15, -0.1) is 0 Å². The van der Waals surface area contributed by atoms with E-state index in [0.29, 0.717) is 11.4 Å². The quantitative estimate of drug-likeness (QED) is 0.696. The third-order valence-electron chi connectivity index (χ3n) is 4.95. The number of para-hydroxylation sites is 2. The molecule has 0 spiro atoms. The number of hydrogen-bond acceptors (Lipinski definition) is 6. The van der Waals surface area contributed by atoms with Crippen LogP contribution >= 0.6 is 0 Å². The van der Waals surface area contributed by atoms with E-state index in [0.717, 1.165) is 25.7 Å². The molecule has 1 atom stereocenters. The van der Waals surface area contributed by atoms with E-state index >= 15 is 0 Å². The van der Waals surface area contributed by atoms with E-state index in [9.17, 15) is 19.2 Å². The van der Waals surface area contributed by atoms with Crippen molar-refractivity contribution in [2.45, 2.75) is 51.2 Å². The average molecular weight is 403 g/mol. The van der Waals surface area contributed by atoms with Gasteiger partial charge in [0, 0.05) is 12.6 Å². The smallest absolute Gasteiger partial charge is 0.321 e. The lowest BCUT2D eigenvalue weighted by Crippen LogP contribution is -2.47. The molecule has 1 heterocycles. The summed E-state index contributed by atoms with van der Waals surface area (Å²) in [5, 5.41) is 4.92. The summed E-state index contributed by atoms with van der Waals surface area (Å²) in [6.45, 7) is 1.40. The third-order valence-corrected chi connectivity index (χ3v) is 4.95. The lowest BCUT2D eigenvalue weighted by Gasteiger charge is -2.29. The number of benzene rings is 1. The second kappa shape index (κ2) is 9.40.